The van der Waals surface area contributed by atoms with Crippen molar-refractivity contribution in [2.45, 2.75) is 38.2 Å². The van der Waals surface area contributed by atoms with Gasteiger partial charge in [-0.25, -0.2) is 0 Å². The summed E-state index contributed by atoms with van der Waals surface area (Å²) in [5.41, 5.74) is 1.97. The monoisotopic (exact) mass is 370 g/mol. The van der Waals surface area contributed by atoms with Crippen LogP contribution >= 0.6 is 11.6 Å². The van der Waals surface area contributed by atoms with Gasteiger partial charge in [-0.3, -0.25) is 9.59 Å². The van der Waals surface area contributed by atoms with Gasteiger partial charge >= 0.3 is 0 Å². The Balaban J connectivity index is 1.62. The molecule has 1 aliphatic carbocycles. The van der Waals surface area contributed by atoms with Gasteiger partial charge in [-0.1, -0.05) is 23.7 Å². The van der Waals surface area contributed by atoms with Crippen LogP contribution in [0.5, 0.6) is 5.75 Å². The van der Waals surface area contributed by atoms with Gasteiger partial charge in [-0.05, 0) is 68.0 Å². The molecule has 2 aromatic carbocycles. The lowest BCUT2D eigenvalue weighted by atomic mass is 9.90. The van der Waals surface area contributed by atoms with Crippen LogP contribution in [0.4, 0.5) is 11.4 Å². The Hall–Kier alpha value is -2.53. The Bertz CT molecular complexity index is 912. The van der Waals surface area contributed by atoms with Crippen molar-refractivity contribution in [1.82, 2.24) is 0 Å². The van der Waals surface area contributed by atoms with Crippen molar-refractivity contribution >= 4 is 34.8 Å². The molecule has 134 valence electrons. The molecule has 0 saturated carbocycles. The highest BCUT2D eigenvalue weighted by Gasteiger charge is 2.47. The number of benzene rings is 2. The summed E-state index contributed by atoms with van der Waals surface area (Å²) in [6, 6.07) is 10.8. The van der Waals surface area contributed by atoms with Crippen LogP contribution in [0.3, 0.4) is 0 Å². The molecule has 2 aliphatic rings. The molecule has 0 fully saturated rings. The van der Waals surface area contributed by atoms with Crippen LogP contribution in [0.25, 0.3) is 0 Å². The van der Waals surface area contributed by atoms with E-state index in [0.717, 1.165) is 36.9 Å². The first-order valence-electron chi connectivity index (χ1n) is 8.69. The molecule has 0 saturated heterocycles. The smallest absolute Gasteiger partial charge is 0.278 e. The minimum Gasteiger partial charge on any atom is -0.466 e. The minimum absolute atomic E-state index is 0.418. The molecule has 2 amide bonds. The minimum atomic E-state index is -1.65. The number of carbonyl (C=O) groups is 2. The lowest BCUT2D eigenvalue weighted by Crippen LogP contribution is -2.56. The second-order valence-corrected chi connectivity index (χ2v) is 7.27. The normalized spacial score (nSPS) is 21.1. The van der Waals surface area contributed by atoms with Crippen LogP contribution in [0.2, 0.25) is 5.02 Å². The van der Waals surface area contributed by atoms with E-state index in [-0.39, 0.29) is 0 Å². The van der Waals surface area contributed by atoms with Gasteiger partial charge in [0.05, 0.1) is 5.69 Å². The number of hydrogen-bond acceptors (Lipinski definition) is 3. The topological polar surface area (TPSA) is 67.4 Å². The number of ether oxygens (including phenoxy) is 1. The predicted molar refractivity (Wildman–Crippen MR) is 101 cm³/mol. The Kier molecular flexibility index (Phi) is 4.11. The van der Waals surface area contributed by atoms with E-state index in [1.165, 1.54) is 12.5 Å². The molecule has 0 aromatic heterocycles. The molecule has 2 N–H and O–H groups in total. The zero-order valence-corrected chi connectivity index (χ0v) is 15.2. The van der Waals surface area contributed by atoms with E-state index in [1.807, 2.05) is 12.1 Å². The summed E-state index contributed by atoms with van der Waals surface area (Å²) >= 11 is 5.95. The second-order valence-electron chi connectivity index (χ2n) is 6.83. The molecule has 1 heterocycles. The molecule has 4 rings (SSSR count). The van der Waals surface area contributed by atoms with E-state index in [0.29, 0.717) is 16.5 Å². The number of carbonyl (C=O) groups excluding carboxylic acids is 2. The van der Waals surface area contributed by atoms with Crippen molar-refractivity contribution in [1.29, 1.82) is 0 Å². The van der Waals surface area contributed by atoms with Crippen LogP contribution in [0.1, 0.15) is 30.9 Å². The van der Waals surface area contributed by atoms with Gasteiger partial charge in [0.15, 0.2) is 0 Å². The first-order chi connectivity index (χ1) is 12.5. The summed E-state index contributed by atoms with van der Waals surface area (Å²) < 4.78 is 5.78. The lowest BCUT2D eigenvalue weighted by molar-refractivity contribution is -0.143. The standard InChI is InChI=1S/C20H19ClN2O3/c1-20(19(25)23-16-11-13(21)9-10-17(16)26-20)18(24)22-15-8-4-6-12-5-2-3-7-14(12)15/h4,6,8-11H,2-3,5,7H2,1H3,(H,22,24)(H,23,25). The van der Waals surface area contributed by atoms with E-state index in [4.69, 9.17) is 16.3 Å². The van der Waals surface area contributed by atoms with Crippen molar-refractivity contribution in [3.05, 3.63) is 52.5 Å². The van der Waals surface area contributed by atoms with Gasteiger partial charge in [-0.15, -0.1) is 0 Å². The van der Waals surface area contributed by atoms with E-state index in [2.05, 4.69) is 16.7 Å². The maximum absolute atomic E-state index is 12.9. The highest BCUT2D eigenvalue weighted by atomic mass is 35.5. The summed E-state index contributed by atoms with van der Waals surface area (Å²) in [6.07, 6.45) is 4.20. The molecule has 5 nitrogen and oxygen atoms in total. The number of aryl methyl sites for hydroxylation is 1. The third-order valence-corrected chi connectivity index (χ3v) is 5.25. The van der Waals surface area contributed by atoms with Gasteiger partial charge in [0, 0.05) is 10.7 Å². The number of amides is 2. The van der Waals surface area contributed by atoms with Crippen LogP contribution in [0, 0.1) is 0 Å². The maximum Gasteiger partial charge on any atom is 0.278 e. The van der Waals surface area contributed by atoms with Crippen molar-refractivity contribution in [3.63, 3.8) is 0 Å². The van der Waals surface area contributed by atoms with Crippen molar-refractivity contribution in [3.8, 4) is 5.75 Å². The van der Waals surface area contributed by atoms with Crippen LogP contribution in [0.15, 0.2) is 36.4 Å². The summed E-state index contributed by atoms with van der Waals surface area (Å²) in [5.74, 6) is -0.592. The largest absolute Gasteiger partial charge is 0.466 e. The third kappa shape index (κ3) is 2.82. The van der Waals surface area contributed by atoms with E-state index >= 15 is 0 Å². The van der Waals surface area contributed by atoms with Crippen molar-refractivity contribution in [2.24, 2.45) is 0 Å². The Morgan fingerprint density at radius 1 is 1.23 bits per heavy atom. The quantitative estimate of drug-likeness (QED) is 0.786. The van der Waals surface area contributed by atoms with E-state index in [9.17, 15) is 9.59 Å². The van der Waals surface area contributed by atoms with Gasteiger partial charge in [0.1, 0.15) is 5.75 Å². The highest BCUT2D eigenvalue weighted by Crippen LogP contribution is 2.36. The zero-order chi connectivity index (χ0) is 18.3. The third-order valence-electron chi connectivity index (χ3n) is 5.01. The molecular formula is C20H19ClN2O3. The molecule has 0 radical (unpaired) electrons. The van der Waals surface area contributed by atoms with E-state index in [1.54, 1.807) is 18.2 Å². The second kappa shape index (κ2) is 6.32. The molecule has 0 spiro atoms. The maximum atomic E-state index is 12.9. The Morgan fingerprint density at radius 3 is 2.88 bits per heavy atom. The summed E-state index contributed by atoms with van der Waals surface area (Å²) in [5, 5.41) is 6.10. The molecule has 1 atom stereocenters. The molecule has 2 aromatic rings. The average molecular weight is 371 g/mol. The molecule has 6 heteroatoms. The number of fused-ring (bicyclic) bond motifs is 2. The molecule has 26 heavy (non-hydrogen) atoms. The summed E-state index contributed by atoms with van der Waals surface area (Å²) in [6.45, 7) is 1.48. The SMILES string of the molecule is CC1(C(=O)Nc2cccc3c2CCCC3)Oc2ccc(Cl)cc2NC1=O. The Morgan fingerprint density at radius 2 is 2.04 bits per heavy atom. The number of halogens is 1. The fourth-order valence-corrected chi connectivity index (χ4v) is 3.66. The van der Waals surface area contributed by atoms with Gasteiger partial charge in [0.25, 0.3) is 17.4 Å². The highest BCUT2D eigenvalue weighted by molar-refractivity contribution is 6.31. The Labute approximate surface area is 156 Å². The van der Waals surface area contributed by atoms with Gasteiger partial charge in [0.2, 0.25) is 0 Å². The summed E-state index contributed by atoms with van der Waals surface area (Å²) in [4.78, 5) is 25.5. The van der Waals surface area contributed by atoms with E-state index < -0.39 is 17.4 Å². The first kappa shape index (κ1) is 16.9. The molecular weight excluding hydrogens is 352 g/mol. The number of anilines is 2. The van der Waals surface area contributed by atoms with Crippen LogP contribution < -0.4 is 15.4 Å². The van der Waals surface area contributed by atoms with Crippen LogP contribution in [-0.4, -0.2) is 17.4 Å². The number of rotatable bonds is 2. The van der Waals surface area contributed by atoms with Gasteiger partial charge in [-0.2, -0.15) is 0 Å². The first-order valence-corrected chi connectivity index (χ1v) is 9.07. The molecule has 0 bridgehead atoms. The number of nitrogens with one attached hydrogen (secondary N) is 2. The molecule has 1 unspecified atom stereocenters. The van der Waals surface area contributed by atoms with Crippen molar-refractivity contribution < 1.29 is 14.3 Å². The number of hydrogen-bond donors (Lipinski definition) is 2. The van der Waals surface area contributed by atoms with Crippen molar-refractivity contribution in [2.75, 3.05) is 10.6 Å². The zero-order valence-electron chi connectivity index (χ0n) is 14.4. The fourth-order valence-electron chi connectivity index (χ4n) is 3.49. The lowest BCUT2D eigenvalue weighted by Gasteiger charge is -2.33. The fraction of sp³-hybridized carbons (Fsp3) is 0.300. The van der Waals surface area contributed by atoms with Gasteiger partial charge < -0.3 is 15.4 Å². The predicted octanol–water partition coefficient (Wildman–Crippen LogP) is 3.95. The summed E-state index contributed by atoms with van der Waals surface area (Å²) in [7, 11) is 0. The molecule has 1 aliphatic heterocycles. The van der Waals surface area contributed by atoms with Crippen LogP contribution in [-0.2, 0) is 22.4 Å². The average Bonchev–Trinajstić information content (AvgIpc) is 2.63.